The second-order valence-electron chi connectivity index (χ2n) is 4.94. The van der Waals surface area contributed by atoms with Crippen molar-refractivity contribution in [2.75, 3.05) is 13.3 Å². The molecule has 0 fully saturated rings. The second-order valence-corrected chi connectivity index (χ2v) is 8.59. The third-order valence-corrected chi connectivity index (χ3v) is 6.96. The molecule has 0 saturated carbocycles. The van der Waals surface area contributed by atoms with E-state index in [0.29, 0.717) is 44.1 Å². The van der Waals surface area contributed by atoms with E-state index in [1.165, 1.54) is 7.11 Å². The Bertz CT molecular complexity index is 915. The van der Waals surface area contributed by atoms with Crippen LogP contribution in [0.25, 0.3) is 22.6 Å². The van der Waals surface area contributed by atoms with Gasteiger partial charge >= 0.3 is 0 Å². The molecule has 3 rings (SSSR count). The molecule has 3 aromatic rings. The highest BCUT2D eigenvalue weighted by Crippen LogP contribution is 2.45. The van der Waals surface area contributed by atoms with Gasteiger partial charge in [-0.05, 0) is 30.3 Å². The zero-order chi connectivity index (χ0) is 16.6. The van der Waals surface area contributed by atoms with Crippen LogP contribution in [0.1, 0.15) is 6.92 Å². The molecule has 2 aromatic carbocycles. The summed E-state index contributed by atoms with van der Waals surface area (Å²) >= 11 is 12.2. The fraction of sp³-hybridized carbons (Fsp3) is 0.188. The van der Waals surface area contributed by atoms with Crippen molar-refractivity contribution >= 4 is 47.0 Å². The van der Waals surface area contributed by atoms with E-state index in [1.807, 2.05) is 6.92 Å². The van der Waals surface area contributed by atoms with E-state index >= 15 is 0 Å². The van der Waals surface area contributed by atoms with E-state index < -0.39 is 7.37 Å². The summed E-state index contributed by atoms with van der Waals surface area (Å²) in [5.74, 6) is 0.369. The van der Waals surface area contributed by atoms with Crippen LogP contribution in [0.5, 0.6) is 0 Å². The van der Waals surface area contributed by atoms with Gasteiger partial charge in [0.25, 0.3) is 0 Å². The number of oxazole rings is 1. The zero-order valence-electron chi connectivity index (χ0n) is 12.5. The second kappa shape index (κ2) is 6.29. The molecule has 23 heavy (non-hydrogen) atoms. The number of rotatable bonds is 4. The van der Waals surface area contributed by atoms with Crippen molar-refractivity contribution in [1.82, 2.24) is 4.98 Å². The largest absolute Gasteiger partial charge is 0.436 e. The lowest BCUT2D eigenvalue weighted by Gasteiger charge is -2.13. The topological polar surface area (TPSA) is 52.3 Å². The molecule has 0 saturated heterocycles. The van der Waals surface area contributed by atoms with E-state index in [2.05, 4.69) is 4.98 Å². The molecule has 1 unspecified atom stereocenters. The molecule has 0 aliphatic carbocycles. The van der Waals surface area contributed by atoms with Crippen molar-refractivity contribution < 1.29 is 13.5 Å². The van der Waals surface area contributed by atoms with Gasteiger partial charge in [-0.15, -0.1) is 0 Å². The van der Waals surface area contributed by atoms with Gasteiger partial charge in [-0.2, -0.15) is 0 Å². The van der Waals surface area contributed by atoms with E-state index in [1.54, 1.807) is 36.4 Å². The number of hydrogen-bond donors (Lipinski definition) is 0. The average Bonchev–Trinajstić information content (AvgIpc) is 2.99. The molecular formula is C16H14Cl2NO3P. The molecule has 0 bridgehead atoms. The van der Waals surface area contributed by atoms with Gasteiger partial charge in [0.15, 0.2) is 5.58 Å². The molecule has 1 atom stereocenters. The first-order valence-corrected chi connectivity index (χ1v) is 9.55. The Kier molecular flexibility index (Phi) is 4.52. The summed E-state index contributed by atoms with van der Waals surface area (Å²) < 4.78 is 23.6. The van der Waals surface area contributed by atoms with Crippen molar-refractivity contribution in [3.8, 4) is 11.5 Å². The maximum atomic E-state index is 12.6. The molecule has 0 radical (unpaired) electrons. The summed E-state index contributed by atoms with van der Waals surface area (Å²) in [6.45, 7) is 1.83. The summed E-state index contributed by atoms with van der Waals surface area (Å²) in [6.07, 6.45) is 0.413. The third kappa shape index (κ3) is 2.92. The lowest BCUT2D eigenvalue weighted by Crippen LogP contribution is -2.07. The van der Waals surface area contributed by atoms with Gasteiger partial charge in [-0.1, -0.05) is 36.2 Å². The van der Waals surface area contributed by atoms with Gasteiger partial charge in [0, 0.05) is 18.6 Å². The number of fused-ring (bicyclic) bond motifs is 1. The Balaban J connectivity index is 2.13. The van der Waals surface area contributed by atoms with Gasteiger partial charge < -0.3 is 8.94 Å². The summed E-state index contributed by atoms with van der Waals surface area (Å²) in [4.78, 5) is 4.42. The van der Waals surface area contributed by atoms with Crippen LogP contribution in [0.2, 0.25) is 10.0 Å². The first-order chi connectivity index (χ1) is 11.0. The van der Waals surface area contributed by atoms with Crippen molar-refractivity contribution in [1.29, 1.82) is 0 Å². The summed E-state index contributed by atoms with van der Waals surface area (Å²) in [7, 11) is -1.40. The highest BCUT2D eigenvalue weighted by atomic mass is 35.5. The quantitative estimate of drug-likeness (QED) is 0.580. The molecule has 0 aliphatic rings. The number of aromatic nitrogens is 1. The minimum Gasteiger partial charge on any atom is -0.436 e. The van der Waals surface area contributed by atoms with Gasteiger partial charge in [0.1, 0.15) is 5.52 Å². The first-order valence-electron chi connectivity index (χ1n) is 6.99. The van der Waals surface area contributed by atoms with E-state index in [9.17, 15) is 4.57 Å². The summed E-state index contributed by atoms with van der Waals surface area (Å²) in [5.41, 5.74) is 1.79. The van der Waals surface area contributed by atoms with Crippen LogP contribution in [-0.4, -0.2) is 18.3 Å². The minimum absolute atomic E-state index is 0.369. The Morgan fingerprint density at radius 3 is 2.74 bits per heavy atom. The van der Waals surface area contributed by atoms with Crippen LogP contribution in [-0.2, 0) is 9.09 Å². The lowest BCUT2D eigenvalue weighted by molar-refractivity contribution is 0.404. The molecule has 4 nitrogen and oxygen atoms in total. The minimum atomic E-state index is -2.85. The van der Waals surface area contributed by atoms with E-state index in [-0.39, 0.29) is 0 Å². The zero-order valence-corrected chi connectivity index (χ0v) is 15.0. The first kappa shape index (κ1) is 16.5. The van der Waals surface area contributed by atoms with Crippen LogP contribution in [0.3, 0.4) is 0 Å². The van der Waals surface area contributed by atoms with Gasteiger partial charge in [-0.3, -0.25) is 4.57 Å². The SMILES string of the molecule is CCP(=O)(OC)c1ccc2nc(-c3cccc(Cl)c3Cl)oc2c1. The normalized spacial score (nSPS) is 14.1. The number of hydrogen-bond acceptors (Lipinski definition) is 4. The van der Waals surface area contributed by atoms with Gasteiger partial charge in [0.2, 0.25) is 13.3 Å². The van der Waals surface area contributed by atoms with Crippen LogP contribution < -0.4 is 5.30 Å². The van der Waals surface area contributed by atoms with E-state index in [4.69, 9.17) is 32.1 Å². The van der Waals surface area contributed by atoms with Crippen molar-refractivity contribution in [3.05, 3.63) is 46.4 Å². The molecule has 0 amide bonds. The number of halogens is 2. The molecule has 7 heteroatoms. The van der Waals surface area contributed by atoms with Crippen LogP contribution >= 0.6 is 30.6 Å². The lowest BCUT2D eigenvalue weighted by atomic mass is 10.2. The highest BCUT2D eigenvalue weighted by molar-refractivity contribution is 7.66. The molecule has 0 spiro atoms. The van der Waals surface area contributed by atoms with E-state index in [0.717, 1.165) is 0 Å². The standard InChI is InChI=1S/C16H14Cl2NO3P/c1-3-23(20,21-2)10-7-8-13-14(9-10)22-16(19-13)11-5-4-6-12(17)15(11)18/h4-9H,3H2,1-2H3. The third-order valence-electron chi connectivity index (χ3n) is 3.66. The fourth-order valence-electron chi connectivity index (χ4n) is 2.33. The van der Waals surface area contributed by atoms with Crippen molar-refractivity contribution in [2.24, 2.45) is 0 Å². The maximum absolute atomic E-state index is 12.6. The highest BCUT2D eigenvalue weighted by Gasteiger charge is 2.23. The molecule has 120 valence electrons. The molecule has 1 aromatic heterocycles. The van der Waals surface area contributed by atoms with Gasteiger partial charge in [-0.25, -0.2) is 4.98 Å². The number of nitrogens with zero attached hydrogens (tertiary/aromatic N) is 1. The Labute approximate surface area is 143 Å². The molecule has 0 N–H and O–H groups in total. The van der Waals surface area contributed by atoms with Crippen LogP contribution in [0.4, 0.5) is 0 Å². The van der Waals surface area contributed by atoms with Gasteiger partial charge in [0.05, 0.1) is 15.6 Å². The summed E-state index contributed by atoms with van der Waals surface area (Å²) in [5, 5.41) is 1.42. The van der Waals surface area contributed by atoms with Crippen molar-refractivity contribution in [3.63, 3.8) is 0 Å². The smallest absolute Gasteiger partial charge is 0.231 e. The Morgan fingerprint density at radius 1 is 1.26 bits per heavy atom. The predicted octanol–water partition coefficient (Wildman–Crippen LogP) is 5.37. The van der Waals surface area contributed by atoms with Crippen LogP contribution in [0.15, 0.2) is 40.8 Å². The Morgan fingerprint density at radius 2 is 2.04 bits per heavy atom. The van der Waals surface area contributed by atoms with Crippen LogP contribution in [0, 0.1) is 0 Å². The monoisotopic (exact) mass is 369 g/mol. The predicted molar refractivity (Wildman–Crippen MR) is 94.3 cm³/mol. The Hall–Kier alpha value is -1.32. The maximum Gasteiger partial charge on any atom is 0.231 e. The molecule has 0 aliphatic heterocycles. The molecular weight excluding hydrogens is 356 g/mol. The number of benzene rings is 2. The average molecular weight is 370 g/mol. The van der Waals surface area contributed by atoms with Crippen molar-refractivity contribution in [2.45, 2.75) is 6.92 Å². The fourth-order valence-corrected chi connectivity index (χ4v) is 4.16. The molecule has 1 heterocycles. The summed E-state index contributed by atoms with van der Waals surface area (Å²) in [6, 6.07) is 10.5.